The largest absolute Gasteiger partial charge is 0.417 e. The number of aromatic nitrogens is 3. The van der Waals surface area contributed by atoms with Gasteiger partial charge >= 0.3 is 6.18 Å². The molecule has 3 aromatic heterocycles. The third-order valence-corrected chi connectivity index (χ3v) is 4.11. The molecule has 0 radical (unpaired) electrons. The van der Waals surface area contributed by atoms with Gasteiger partial charge < -0.3 is 5.32 Å². The Morgan fingerprint density at radius 1 is 1.31 bits per heavy atom. The van der Waals surface area contributed by atoms with Crippen LogP contribution in [0, 0.1) is 0 Å². The first-order valence-corrected chi connectivity index (χ1v) is 8.13. The Morgan fingerprint density at radius 3 is 2.62 bits per heavy atom. The molecule has 1 amide bonds. The van der Waals surface area contributed by atoms with Gasteiger partial charge in [-0.3, -0.25) is 14.2 Å². The minimum Gasteiger partial charge on any atom is -0.347 e. The van der Waals surface area contributed by atoms with E-state index in [2.05, 4.69) is 15.3 Å². The van der Waals surface area contributed by atoms with Crippen LogP contribution in [-0.2, 0) is 19.1 Å². The molecule has 0 saturated heterocycles. The van der Waals surface area contributed by atoms with E-state index < -0.39 is 17.6 Å². The third kappa shape index (κ3) is 3.50. The summed E-state index contributed by atoms with van der Waals surface area (Å²) in [5.74, 6) is -0.526. The Balaban J connectivity index is 2.02. The fourth-order valence-electron chi connectivity index (χ4n) is 2.56. The third-order valence-electron chi connectivity index (χ3n) is 3.83. The number of carbonyl (C=O) groups is 1. The Hall–Kier alpha value is -2.61. The number of hydrogen-bond donors (Lipinski definition) is 1. The van der Waals surface area contributed by atoms with Crippen molar-refractivity contribution in [1.82, 2.24) is 19.7 Å². The number of nitrogens with one attached hydrogen (secondary N) is 1. The maximum atomic E-state index is 13.1. The maximum Gasteiger partial charge on any atom is 0.417 e. The van der Waals surface area contributed by atoms with Crippen molar-refractivity contribution in [3.8, 4) is 0 Å². The fraction of sp³-hybridized carbons (Fsp3) is 0.235. The molecule has 9 heteroatoms. The number of rotatable bonds is 4. The first kappa shape index (κ1) is 18.2. The molecule has 0 atom stereocenters. The van der Waals surface area contributed by atoms with Gasteiger partial charge in [0.25, 0.3) is 5.91 Å². The van der Waals surface area contributed by atoms with E-state index in [1.807, 2.05) is 0 Å². The zero-order chi connectivity index (χ0) is 18.9. The van der Waals surface area contributed by atoms with Crippen LogP contribution in [0.3, 0.4) is 0 Å². The monoisotopic (exact) mass is 382 g/mol. The molecule has 0 bridgehead atoms. The molecule has 0 aliphatic carbocycles. The molecule has 1 N–H and O–H groups in total. The summed E-state index contributed by atoms with van der Waals surface area (Å²) in [6.45, 7) is 1.98. The number of fused-ring (bicyclic) bond motifs is 1. The molecular formula is C17H14ClF3N4O. The standard InChI is InChI=1S/C17H14ClF3N4O/c1-2-13-14(16(26)23-8-10-3-5-22-6-4-10)25-9-11(17(19,20)21)7-12(18)15(25)24-13/h3-7,9H,2,8H2,1H3,(H,23,26). The molecule has 0 unspecified atom stereocenters. The molecule has 0 aliphatic rings. The van der Waals surface area contributed by atoms with E-state index in [1.165, 1.54) is 0 Å². The van der Waals surface area contributed by atoms with E-state index in [9.17, 15) is 18.0 Å². The molecule has 136 valence electrons. The predicted octanol–water partition coefficient (Wildman–Crippen LogP) is 3.89. The van der Waals surface area contributed by atoms with E-state index in [4.69, 9.17) is 11.6 Å². The highest BCUT2D eigenvalue weighted by Crippen LogP contribution is 2.33. The number of amides is 1. The van der Waals surface area contributed by atoms with Crippen molar-refractivity contribution in [3.63, 3.8) is 0 Å². The van der Waals surface area contributed by atoms with E-state index >= 15 is 0 Å². The summed E-state index contributed by atoms with van der Waals surface area (Å²) in [6, 6.07) is 4.27. The second kappa shape index (κ2) is 6.95. The molecule has 0 aromatic carbocycles. The summed E-state index contributed by atoms with van der Waals surface area (Å²) in [7, 11) is 0. The summed E-state index contributed by atoms with van der Waals surface area (Å²) in [6.07, 6.45) is -0.198. The van der Waals surface area contributed by atoms with Gasteiger partial charge in [-0.1, -0.05) is 18.5 Å². The molecule has 0 saturated carbocycles. The van der Waals surface area contributed by atoms with Crippen LogP contribution in [0.25, 0.3) is 5.65 Å². The van der Waals surface area contributed by atoms with Gasteiger partial charge in [0.05, 0.1) is 16.3 Å². The van der Waals surface area contributed by atoms with Crippen LogP contribution in [0.1, 0.15) is 34.2 Å². The number of carbonyl (C=O) groups excluding carboxylic acids is 1. The van der Waals surface area contributed by atoms with Crippen LogP contribution in [0.15, 0.2) is 36.8 Å². The lowest BCUT2D eigenvalue weighted by molar-refractivity contribution is -0.137. The first-order chi connectivity index (χ1) is 12.3. The van der Waals surface area contributed by atoms with E-state index in [-0.39, 0.29) is 22.9 Å². The zero-order valence-corrected chi connectivity index (χ0v) is 14.4. The van der Waals surface area contributed by atoms with Crippen LogP contribution < -0.4 is 5.32 Å². The van der Waals surface area contributed by atoms with Crippen molar-refractivity contribution in [3.05, 3.63) is 64.3 Å². The number of nitrogens with zero attached hydrogens (tertiary/aromatic N) is 3. The number of halogens is 4. The minimum absolute atomic E-state index is 0.0459. The van der Waals surface area contributed by atoms with Crippen LogP contribution in [0.4, 0.5) is 13.2 Å². The molecule has 3 aromatic rings. The van der Waals surface area contributed by atoms with Crippen molar-refractivity contribution < 1.29 is 18.0 Å². The van der Waals surface area contributed by atoms with E-state index in [0.29, 0.717) is 12.1 Å². The molecular weight excluding hydrogens is 369 g/mol. The Kier molecular flexibility index (Phi) is 4.86. The minimum atomic E-state index is -4.58. The molecule has 5 nitrogen and oxygen atoms in total. The van der Waals surface area contributed by atoms with Crippen molar-refractivity contribution >= 4 is 23.2 Å². The Bertz CT molecular complexity index is 954. The molecule has 0 aliphatic heterocycles. The Morgan fingerprint density at radius 2 is 2.00 bits per heavy atom. The average molecular weight is 383 g/mol. The fourth-order valence-corrected chi connectivity index (χ4v) is 2.81. The molecule has 3 rings (SSSR count). The summed E-state index contributed by atoms with van der Waals surface area (Å²) in [5.41, 5.74) is 0.404. The highest BCUT2D eigenvalue weighted by molar-refractivity contribution is 6.33. The highest BCUT2D eigenvalue weighted by Gasteiger charge is 2.33. The lowest BCUT2D eigenvalue weighted by Gasteiger charge is -2.10. The summed E-state index contributed by atoms with van der Waals surface area (Å²) in [4.78, 5) is 20.7. The van der Waals surface area contributed by atoms with Crippen LogP contribution in [0.5, 0.6) is 0 Å². The normalized spacial score (nSPS) is 11.7. The van der Waals surface area contributed by atoms with Gasteiger partial charge in [0.1, 0.15) is 5.69 Å². The van der Waals surface area contributed by atoms with Crippen molar-refractivity contribution in [2.24, 2.45) is 0 Å². The van der Waals surface area contributed by atoms with Gasteiger partial charge in [-0.25, -0.2) is 4.98 Å². The van der Waals surface area contributed by atoms with Gasteiger partial charge in [0.2, 0.25) is 0 Å². The van der Waals surface area contributed by atoms with E-state index in [0.717, 1.165) is 22.2 Å². The summed E-state index contributed by atoms with van der Waals surface area (Å²) in [5, 5.41) is 2.53. The zero-order valence-electron chi connectivity index (χ0n) is 13.6. The van der Waals surface area contributed by atoms with Crippen molar-refractivity contribution in [2.75, 3.05) is 0 Å². The second-order valence-corrected chi connectivity index (χ2v) is 5.97. The molecule has 26 heavy (non-hydrogen) atoms. The highest BCUT2D eigenvalue weighted by atomic mass is 35.5. The van der Waals surface area contributed by atoms with Gasteiger partial charge in [-0.15, -0.1) is 0 Å². The summed E-state index contributed by atoms with van der Waals surface area (Å²) < 4.78 is 40.4. The SMILES string of the molecule is CCc1nc2c(Cl)cc(C(F)(F)F)cn2c1C(=O)NCc1ccncc1. The number of aryl methyl sites for hydroxylation is 1. The van der Waals surface area contributed by atoms with Gasteiger partial charge in [0, 0.05) is 25.1 Å². The number of hydrogen-bond acceptors (Lipinski definition) is 3. The smallest absolute Gasteiger partial charge is 0.347 e. The average Bonchev–Trinajstić information content (AvgIpc) is 2.99. The Labute approximate surface area is 151 Å². The first-order valence-electron chi connectivity index (χ1n) is 7.76. The van der Waals surface area contributed by atoms with Crippen LogP contribution in [-0.4, -0.2) is 20.3 Å². The van der Waals surface area contributed by atoms with E-state index in [1.54, 1.807) is 31.5 Å². The molecule has 0 fully saturated rings. The predicted molar refractivity (Wildman–Crippen MR) is 90.0 cm³/mol. The van der Waals surface area contributed by atoms with Crippen molar-refractivity contribution in [2.45, 2.75) is 26.1 Å². The quantitative estimate of drug-likeness (QED) is 0.744. The van der Waals surface area contributed by atoms with Crippen LogP contribution >= 0.6 is 11.6 Å². The number of pyridine rings is 2. The molecule has 0 spiro atoms. The van der Waals surface area contributed by atoms with Crippen molar-refractivity contribution in [1.29, 1.82) is 0 Å². The lowest BCUT2D eigenvalue weighted by atomic mass is 10.2. The number of imidazole rings is 1. The molecule has 3 heterocycles. The lowest BCUT2D eigenvalue weighted by Crippen LogP contribution is -2.25. The topological polar surface area (TPSA) is 59.3 Å². The summed E-state index contributed by atoms with van der Waals surface area (Å²) >= 11 is 5.97. The number of alkyl halides is 3. The van der Waals surface area contributed by atoms with Gasteiger partial charge in [-0.05, 0) is 30.2 Å². The van der Waals surface area contributed by atoms with Gasteiger partial charge in [0.15, 0.2) is 5.65 Å². The maximum absolute atomic E-state index is 13.1. The van der Waals surface area contributed by atoms with Crippen LogP contribution in [0.2, 0.25) is 5.02 Å². The second-order valence-electron chi connectivity index (χ2n) is 5.57. The van der Waals surface area contributed by atoms with Gasteiger partial charge in [-0.2, -0.15) is 13.2 Å².